The lowest BCUT2D eigenvalue weighted by atomic mass is 9.65. The van der Waals surface area contributed by atoms with Crippen molar-refractivity contribution in [2.75, 3.05) is 0 Å². The van der Waals surface area contributed by atoms with Crippen molar-refractivity contribution in [3.63, 3.8) is 0 Å². The molecule has 1 heterocycles. The van der Waals surface area contributed by atoms with Gasteiger partial charge in [0, 0.05) is 28.9 Å². The molecule has 0 fully saturated rings. The molecule has 1 spiro atoms. The van der Waals surface area contributed by atoms with Crippen LogP contribution >= 0.6 is 0 Å². The Labute approximate surface area is 251 Å². The van der Waals surface area contributed by atoms with E-state index in [0.29, 0.717) is 17.7 Å². The van der Waals surface area contributed by atoms with Crippen LogP contribution in [0, 0.1) is 5.92 Å². The molecule has 4 aromatic carbocycles. The Morgan fingerprint density at radius 3 is 2.14 bits per heavy atom. The molecule has 0 saturated carbocycles. The minimum Gasteiger partial charge on any atom is -0.212 e. The zero-order valence-corrected chi connectivity index (χ0v) is 23.6. The average molecular weight is 552 g/mol. The van der Waals surface area contributed by atoms with Crippen molar-refractivity contribution in [2.45, 2.75) is 23.7 Å². The number of nitrogens with zero attached hydrogens (tertiary/aromatic N) is 3. The molecule has 43 heavy (non-hydrogen) atoms. The number of fused-ring (bicyclic) bond motifs is 10. The largest absolute Gasteiger partial charge is 0.212 e. The third-order valence-corrected chi connectivity index (χ3v) is 9.72. The number of hydrogen-bond donors (Lipinski definition) is 0. The SMILES string of the molecule is C1=CCC(c2nc(-c3ccccc3)nc(-c3ccc4c(c3)C3(c5ccccc5-4)c4ccccc4C4C=CC=CC43)n2)C=C1. The van der Waals surface area contributed by atoms with Gasteiger partial charge in [-0.1, -0.05) is 140 Å². The molecule has 0 N–H and O–H groups in total. The summed E-state index contributed by atoms with van der Waals surface area (Å²) >= 11 is 0. The van der Waals surface area contributed by atoms with Gasteiger partial charge in [-0.2, -0.15) is 0 Å². The lowest BCUT2D eigenvalue weighted by Gasteiger charge is -2.36. The summed E-state index contributed by atoms with van der Waals surface area (Å²) in [6.07, 6.45) is 18.7. The highest BCUT2D eigenvalue weighted by atomic mass is 15.0. The van der Waals surface area contributed by atoms with Gasteiger partial charge in [-0.15, -0.1) is 0 Å². The number of benzene rings is 4. The maximum absolute atomic E-state index is 5.14. The van der Waals surface area contributed by atoms with Crippen LogP contribution in [0.3, 0.4) is 0 Å². The molecule has 4 atom stereocenters. The highest BCUT2D eigenvalue weighted by Crippen LogP contribution is 2.65. The third-order valence-electron chi connectivity index (χ3n) is 9.72. The van der Waals surface area contributed by atoms with Gasteiger partial charge < -0.3 is 0 Å². The summed E-state index contributed by atoms with van der Waals surface area (Å²) in [7, 11) is 0. The van der Waals surface area contributed by atoms with Crippen molar-refractivity contribution in [1.29, 1.82) is 0 Å². The summed E-state index contributed by atoms with van der Waals surface area (Å²) < 4.78 is 0. The smallest absolute Gasteiger partial charge is 0.163 e. The van der Waals surface area contributed by atoms with E-state index in [2.05, 4.69) is 127 Å². The van der Waals surface area contributed by atoms with Gasteiger partial charge in [-0.3, -0.25) is 0 Å². The van der Waals surface area contributed by atoms with Gasteiger partial charge in [0.25, 0.3) is 0 Å². The molecule has 9 rings (SSSR count). The zero-order chi connectivity index (χ0) is 28.4. The first-order valence-electron chi connectivity index (χ1n) is 15.2. The molecule has 4 aliphatic carbocycles. The molecular formula is C40H29N3. The Hall–Kier alpha value is -5.15. The predicted molar refractivity (Wildman–Crippen MR) is 173 cm³/mol. The fraction of sp³-hybridized carbons (Fsp3) is 0.125. The standard InChI is InChI=1S/C40H29N3/c1-3-13-26(14-4-1)37-41-38(27-15-5-2-6-16-27)43-39(42-37)28-23-24-32-31-19-9-12-22-35(31)40(36(32)25-28)33-20-10-7-17-29(33)30-18-8-11-21-34(30)40/h1-15,17-25,27,29,33H,16H2. The molecule has 4 aliphatic rings. The summed E-state index contributed by atoms with van der Waals surface area (Å²) in [6, 6.07) is 35.2. The van der Waals surface area contributed by atoms with Crippen molar-refractivity contribution in [3.05, 3.63) is 174 Å². The second kappa shape index (κ2) is 9.43. The molecule has 5 aromatic rings. The summed E-state index contributed by atoms with van der Waals surface area (Å²) in [6.45, 7) is 0. The summed E-state index contributed by atoms with van der Waals surface area (Å²) in [4.78, 5) is 15.2. The summed E-state index contributed by atoms with van der Waals surface area (Å²) in [5, 5.41) is 0. The molecule has 1 aromatic heterocycles. The van der Waals surface area contributed by atoms with Crippen molar-refractivity contribution in [2.24, 2.45) is 5.92 Å². The van der Waals surface area contributed by atoms with Gasteiger partial charge >= 0.3 is 0 Å². The Kier molecular flexibility index (Phi) is 5.36. The van der Waals surface area contributed by atoms with Crippen molar-refractivity contribution < 1.29 is 0 Å². The van der Waals surface area contributed by atoms with Gasteiger partial charge in [0.2, 0.25) is 0 Å². The minimum atomic E-state index is -0.278. The van der Waals surface area contributed by atoms with E-state index in [-0.39, 0.29) is 11.3 Å². The molecule has 0 aliphatic heterocycles. The van der Waals surface area contributed by atoms with Gasteiger partial charge in [-0.25, -0.2) is 15.0 Å². The molecule has 0 radical (unpaired) electrons. The molecule has 0 amide bonds. The normalized spacial score (nSPS) is 23.7. The topological polar surface area (TPSA) is 38.7 Å². The Morgan fingerprint density at radius 2 is 1.28 bits per heavy atom. The molecule has 3 nitrogen and oxygen atoms in total. The van der Waals surface area contributed by atoms with E-state index in [9.17, 15) is 0 Å². The van der Waals surface area contributed by atoms with Gasteiger partial charge in [0.1, 0.15) is 5.82 Å². The van der Waals surface area contributed by atoms with Crippen LogP contribution in [-0.4, -0.2) is 15.0 Å². The van der Waals surface area contributed by atoms with Crippen molar-refractivity contribution in [3.8, 4) is 33.9 Å². The van der Waals surface area contributed by atoms with Gasteiger partial charge in [-0.05, 0) is 45.9 Å². The fourth-order valence-corrected chi connectivity index (χ4v) is 7.92. The van der Waals surface area contributed by atoms with Crippen molar-refractivity contribution >= 4 is 0 Å². The first-order valence-corrected chi connectivity index (χ1v) is 15.2. The van der Waals surface area contributed by atoms with E-state index in [4.69, 9.17) is 15.0 Å². The Morgan fingerprint density at radius 1 is 0.558 bits per heavy atom. The van der Waals surface area contributed by atoms with Crippen LogP contribution in [0.15, 0.2) is 146 Å². The lowest BCUT2D eigenvalue weighted by molar-refractivity contribution is 0.465. The molecular weight excluding hydrogens is 522 g/mol. The zero-order valence-electron chi connectivity index (χ0n) is 23.6. The van der Waals surface area contributed by atoms with Crippen molar-refractivity contribution in [1.82, 2.24) is 15.0 Å². The molecule has 3 heteroatoms. The molecule has 204 valence electrons. The van der Waals surface area contributed by atoms with E-state index < -0.39 is 0 Å². The van der Waals surface area contributed by atoms with E-state index in [1.165, 1.54) is 33.4 Å². The van der Waals surface area contributed by atoms with E-state index in [1.54, 1.807) is 0 Å². The second-order valence-corrected chi connectivity index (χ2v) is 11.9. The minimum absolute atomic E-state index is 0.126. The maximum atomic E-state index is 5.14. The van der Waals surface area contributed by atoms with E-state index in [1.807, 2.05) is 18.2 Å². The second-order valence-electron chi connectivity index (χ2n) is 11.9. The van der Waals surface area contributed by atoms with E-state index >= 15 is 0 Å². The fourth-order valence-electron chi connectivity index (χ4n) is 7.92. The first-order chi connectivity index (χ1) is 21.3. The molecule has 0 saturated heterocycles. The number of rotatable bonds is 3. The predicted octanol–water partition coefficient (Wildman–Crippen LogP) is 8.96. The van der Waals surface area contributed by atoms with Crippen LogP contribution < -0.4 is 0 Å². The van der Waals surface area contributed by atoms with Crippen LogP contribution in [0.5, 0.6) is 0 Å². The van der Waals surface area contributed by atoms with Crippen LogP contribution in [0.25, 0.3) is 33.9 Å². The monoisotopic (exact) mass is 551 g/mol. The summed E-state index contributed by atoms with van der Waals surface area (Å²) in [5.41, 5.74) is 9.94. The highest BCUT2D eigenvalue weighted by Gasteiger charge is 2.56. The van der Waals surface area contributed by atoms with Crippen LogP contribution in [0.2, 0.25) is 0 Å². The number of hydrogen-bond acceptors (Lipinski definition) is 3. The average Bonchev–Trinajstić information content (AvgIpc) is 3.56. The highest BCUT2D eigenvalue weighted by molar-refractivity contribution is 5.87. The van der Waals surface area contributed by atoms with Crippen LogP contribution in [-0.2, 0) is 5.41 Å². The maximum Gasteiger partial charge on any atom is 0.163 e. The third kappa shape index (κ3) is 3.51. The summed E-state index contributed by atoms with van der Waals surface area (Å²) in [5.74, 6) is 3.01. The molecule has 0 bridgehead atoms. The lowest BCUT2D eigenvalue weighted by Crippen LogP contribution is -2.33. The Bertz CT molecular complexity index is 2030. The van der Waals surface area contributed by atoms with Crippen LogP contribution in [0.4, 0.5) is 0 Å². The Balaban J connectivity index is 1.29. The quantitative estimate of drug-likeness (QED) is 0.225. The van der Waals surface area contributed by atoms with Gasteiger partial charge in [0.15, 0.2) is 11.6 Å². The van der Waals surface area contributed by atoms with Gasteiger partial charge in [0.05, 0.1) is 5.41 Å². The molecule has 4 unspecified atom stereocenters. The first kappa shape index (κ1) is 24.4. The number of aromatic nitrogens is 3. The van der Waals surface area contributed by atoms with E-state index in [0.717, 1.165) is 29.2 Å². The van der Waals surface area contributed by atoms with Crippen LogP contribution in [0.1, 0.15) is 46.3 Å². The number of allylic oxidation sites excluding steroid dienone is 8.